The number of esters is 3. The van der Waals surface area contributed by atoms with Crippen LogP contribution in [0.3, 0.4) is 0 Å². The fourth-order valence-corrected chi connectivity index (χ4v) is 9.42. The summed E-state index contributed by atoms with van der Waals surface area (Å²) in [6.07, 6.45) is 92.6. The van der Waals surface area contributed by atoms with Gasteiger partial charge in [-0.1, -0.05) is 291 Å². The zero-order valence-corrected chi connectivity index (χ0v) is 52.6. The molecule has 0 aliphatic carbocycles. The number of ether oxygens (including phenoxy) is 3. The van der Waals surface area contributed by atoms with Gasteiger partial charge in [-0.15, -0.1) is 0 Å². The Morgan fingerprint density at radius 1 is 0.263 bits per heavy atom. The molecule has 0 aliphatic rings. The first-order chi connectivity index (χ1) is 39.5. The normalized spacial score (nSPS) is 12.8. The van der Waals surface area contributed by atoms with Crippen LogP contribution in [0.15, 0.2) is 109 Å². The highest BCUT2D eigenvalue weighted by atomic mass is 16.6. The van der Waals surface area contributed by atoms with Crippen LogP contribution in [0.1, 0.15) is 323 Å². The summed E-state index contributed by atoms with van der Waals surface area (Å²) >= 11 is 0. The Hall–Kier alpha value is -3.93. The van der Waals surface area contributed by atoms with E-state index in [1.165, 1.54) is 148 Å². The van der Waals surface area contributed by atoms with Crippen molar-refractivity contribution in [2.75, 3.05) is 13.2 Å². The Morgan fingerprint density at radius 2 is 0.512 bits per heavy atom. The van der Waals surface area contributed by atoms with Crippen molar-refractivity contribution in [3.05, 3.63) is 109 Å². The lowest BCUT2D eigenvalue weighted by atomic mass is 10.0. The summed E-state index contributed by atoms with van der Waals surface area (Å²) < 4.78 is 16.9. The minimum atomic E-state index is -0.792. The molecule has 0 N–H and O–H groups in total. The third-order valence-corrected chi connectivity index (χ3v) is 14.5. The first-order valence-electron chi connectivity index (χ1n) is 33.9. The first-order valence-corrected chi connectivity index (χ1v) is 33.9. The molecule has 1 unspecified atom stereocenters. The Labute approximate surface area is 495 Å². The largest absolute Gasteiger partial charge is 0.462 e. The van der Waals surface area contributed by atoms with E-state index in [1.807, 2.05) is 0 Å². The van der Waals surface area contributed by atoms with E-state index < -0.39 is 6.10 Å². The molecule has 0 saturated carbocycles. The smallest absolute Gasteiger partial charge is 0.306 e. The Bertz CT molecular complexity index is 1610. The molecule has 0 rings (SSSR count). The molecule has 6 nitrogen and oxygen atoms in total. The van der Waals surface area contributed by atoms with Gasteiger partial charge in [0.25, 0.3) is 0 Å². The highest BCUT2D eigenvalue weighted by molar-refractivity contribution is 5.71. The molecule has 0 fully saturated rings. The topological polar surface area (TPSA) is 78.9 Å². The summed E-state index contributed by atoms with van der Waals surface area (Å²) in [5, 5.41) is 0. The molecule has 458 valence electrons. The average Bonchev–Trinajstić information content (AvgIpc) is 3.46. The van der Waals surface area contributed by atoms with Crippen LogP contribution in [0.25, 0.3) is 0 Å². The van der Waals surface area contributed by atoms with E-state index in [4.69, 9.17) is 14.2 Å². The van der Waals surface area contributed by atoms with E-state index in [1.54, 1.807) is 0 Å². The number of unbranched alkanes of at least 4 members (excludes halogenated alkanes) is 32. The lowest BCUT2D eigenvalue weighted by Gasteiger charge is -2.18. The van der Waals surface area contributed by atoms with Gasteiger partial charge in [-0.25, -0.2) is 0 Å². The van der Waals surface area contributed by atoms with Crippen LogP contribution < -0.4 is 0 Å². The lowest BCUT2D eigenvalue weighted by Crippen LogP contribution is -2.30. The molecule has 0 bridgehead atoms. The van der Waals surface area contributed by atoms with Gasteiger partial charge in [0.05, 0.1) is 0 Å². The molecule has 0 radical (unpaired) electrons. The molecule has 0 saturated heterocycles. The van der Waals surface area contributed by atoms with E-state index >= 15 is 0 Å². The van der Waals surface area contributed by atoms with Gasteiger partial charge in [0, 0.05) is 19.3 Å². The van der Waals surface area contributed by atoms with Crippen LogP contribution in [-0.2, 0) is 28.6 Å². The molecule has 0 amide bonds. The summed E-state index contributed by atoms with van der Waals surface area (Å²) in [6.45, 7) is 6.46. The molecule has 0 aliphatic heterocycles. The zero-order chi connectivity index (χ0) is 57.8. The summed E-state index contributed by atoms with van der Waals surface area (Å²) in [7, 11) is 0. The highest BCUT2D eigenvalue weighted by Gasteiger charge is 2.19. The quantitative estimate of drug-likeness (QED) is 0.0261. The van der Waals surface area contributed by atoms with E-state index in [0.29, 0.717) is 19.3 Å². The van der Waals surface area contributed by atoms with Gasteiger partial charge in [-0.3, -0.25) is 14.4 Å². The molecule has 1 atom stereocenters. The van der Waals surface area contributed by atoms with Crippen LogP contribution in [0.2, 0.25) is 0 Å². The number of carbonyl (C=O) groups excluding carboxylic acids is 3. The van der Waals surface area contributed by atoms with Gasteiger partial charge >= 0.3 is 17.9 Å². The number of hydrogen-bond acceptors (Lipinski definition) is 6. The maximum atomic E-state index is 12.9. The van der Waals surface area contributed by atoms with Crippen molar-refractivity contribution >= 4 is 17.9 Å². The van der Waals surface area contributed by atoms with Crippen LogP contribution in [0.5, 0.6) is 0 Å². The maximum Gasteiger partial charge on any atom is 0.306 e. The van der Waals surface area contributed by atoms with E-state index in [9.17, 15) is 14.4 Å². The molecule has 0 aromatic heterocycles. The van der Waals surface area contributed by atoms with Crippen molar-refractivity contribution in [3.63, 3.8) is 0 Å². The van der Waals surface area contributed by atoms with Crippen molar-refractivity contribution in [2.24, 2.45) is 0 Å². The van der Waals surface area contributed by atoms with Gasteiger partial charge < -0.3 is 14.2 Å². The predicted molar refractivity (Wildman–Crippen MR) is 348 cm³/mol. The predicted octanol–water partition coefficient (Wildman–Crippen LogP) is 23.4. The molecular weight excluding hydrogens is 985 g/mol. The number of rotatable bonds is 61. The van der Waals surface area contributed by atoms with Gasteiger partial charge in [0.15, 0.2) is 6.10 Å². The first kappa shape index (κ1) is 76.1. The third-order valence-electron chi connectivity index (χ3n) is 14.5. The Kier molecular flexibility index (Phi) is 64.3. The SMILES string of the molecule is CC/C=C\C/C=C\C/C=C\C/C=C\C/C=C\C/C=C\CCCCCCCCC(=O)OC(COC(=O)CCCCCCC/C=C\CCC)COC(=O)CCCCCCCCCCCCCCCCC/C=C\C/C=C\CCCCCCC. The van der Waals surface area contributed by atoms with E-state index in [-0.39, 0.29) is 31.1 Å². The van der Waals surface area contributed by atoms with Crippen molar-refractivity contribution in [1.82, 2.24) is 0 Å². The summed E-state index contributed by atoms with van der Waals surface area (Å²) in [5.41, 5.74) is 0. The van der Waals surface area contributed by atoms with Crippen molar-refractivity contribution in [2.45, 2.75) is 329 Å². The van der Waals surface area contributed by atoms with E-state index in [2.05, 4.69) is 130 Å². The highest BCUT2D eigenvalue weighted by Crippen LogP contribution is 2.16. The molecule has 0 spiro atoms. The minimum Gasteiger partial charge on any atom is -0.462 e. The summed E-state index contributed by atoms with van der Waals surface area (Å²) in [5.74, 6) is -0.904. The minimum absolute atomic E-state index is 0.0863. The van der Waals surface area contributed by atoms with Gasteiger partial charge in [0.2, 0.25) is 0 Å². The van der Waals surface area contributed by atoms with Gasteiger partial charge in [-0.05, 0) is 122 Å². The van der Waals surface area contributed by atoms with Crippen LogP contribution in [0.4, 0.5) is 0 Å². The average molecular weight is 1110 g/mol. The molecular formula is C74H126O6. The second-order valence-electron chi connectivity index (χ2n) is 22.3. The van der Waals surface area contributed by atoms with Crippen molar-refractivity contribution in [3.8, 4) is 0 Å². The Balaban J connectivity index is 4.25. The van der Waals surface area contributed by atoms with Crippen LogP contribution in [-0.4, -0.2) is 37.2 Å². The Morgan fingerprint density at radius 3 is 0.825 bits per heavy atom. The lowest BCUT2D eigenvalue weighted by molar-refractivity contribution is -0.167. The van der Waals surface area contributed by atoms with Gasteiger partial charge in [0.1, 0.15) is 13.2 Å². The molecule has 0 heterocycles. The molecule has 6 heteroatoms. The number of hydrogen-bond donors (Lipinski definition) is 0. The molecule has 80 heavy (non-hydrogen) atoms. The second kappa shape index (κ2) is 67.6. The maximum absolute atomic E-state index is 12.9. The fourth-order valence-electron chi connectivity index (χ4n) is 9.42. The summed E-state index contributed by atoms with van der Waals surface area (Å²) in [6, 6.07) is 0. The molecule has 0 aromatic rings. The molecule has 0 aromatic carbocycles. The number of allylic oxidation sites excluding steroid dienone is 18. The second-order valence-corrected chi connectivity index (χ2v) is 22.3. The van der Waals surface area contributed by atoms with Gasteiger partial charge in [-0.2, -0.15) is 0 Å². The number of carbonyl (C=O) groups is 3. The monoisotopic (exact) mass is 1110 g/mol. The zero-order valence-electron chi connectivity index (χ0n) is 52.6. The summed E-state index contributed by atoms with van der Waals surface area (Å²) in [4.78, 5) is 38.3. The fraction of sp³-hybridized carbons (Fsp3) is 0.716. The van der Waals surface area contributed by atoms with Crippen LogP contribution >= 0.6 is 0 Å². The third kappa shape index (κ3) is 64.9. The van der Waals surface area contributed by atoms with Crippen molar-refractivity contribution in [1.29, 1.82) is 0 Å². The van der Waals surface area contributed by atoms with E-state index in [0.717, 1.165) is 135 Å². The van der Waals surface area contributed by atoms with Crippen molar-refractivity contribution < 1.29 is 28.6 Å². The standard InChI is InChI=1S/C74H126O6/c1-4-7-10-13-16-19-22-24-26-28-30-32-34-36-37-39-40-42-44-46-48-50-52-55-58-61-64-67-73(76)79-70-71(69-78-72(75)66-63-60-57-54-21-18-15-12-9-6-3)80-74(77)68-65-62-59-56-53-51-49-47-45-43-41-38-35-33-31-29-27-25-23-20-17-14-11-8-5-2/h8,11-12,15,17,20,22,24-25,27-28,30-31,33,38,41,45,47,71H,4-7,9-10,13-14,16,18-19,21,23,26,29,32,34-37,39-40,42-44,46,48-70H2,1-3H3/b11-8-,15-12-,20-17-,24-22-,27-25-,30-28-,33-31-,41-38-,47-45-. The van der Waals surface area contributed by atoms with Crippen LogP contribution in [0, 0.1) is 0 Å².